The van der Waals surface area contributed by atoms with Crippen molar-refractivity contribution in [3.8, 4) is 0 Å². The lowest BCUT2D eigenvalue weighted by Gasteiger charge is -2.23. The molecule has 1 aromatic carbocycles. The van der Waals surface area contributed by atoms with E-state index in [0.717, 1.165) is 24.7 Å². The second-order valence-corrected chi connectivity index (χ2v) is 6.26. The quantitative estimate of drug-likeness (QED) is 0.909. The Bertz CT molecular complexity index is 616. The van der Waals surface area contributed by atoms with Crippen LogP contribution in [0.25, 0.3) is 0 Å². The molecule has 2 aromatic rings. The largest absolute Gasteiger partial charge is 0.384 e. The van der Waals surface area contributed by atoms with Gasteiger partial charge < -0.3 is 9.84 Å². The van der Waals surface area contributed by atoms with E-state index in [2.05, 4.69) is 34.7 Å². The van der Waals surface area contributed by atoms with Crippen molar-refractivity contribution in [3.63, 3.8) is 0 Å². The van der Waals surface area contributed by atoms with Crippen LogP contribution in [0.2, 0.25) is 0 Å². The molecular weight excluding hydrogens is 262 g/mol. The van der Waals surface area contributed by atoms with Gasteiger partial charge in [-0.2, -0.15) is 4.98 Å². The first-order valence-electron chi connectivity index (χ1n) is 8.05. The monoisotopic (exact) mass is 283 g/mol. The molecule has 110 valence electrons. The zero-order valence-corrected chi connectivity index (χ0v) is 12.2. The van der Waals surface area contributed by atoms with Gasteiger partial charge in [0, 0.05) is 18.2 Å². The van der Waals surface area contributed by atoms with Gasteiger partial charge in [-0.05, 0) is 30.9 Å². The van der Waals surface area contributed by atoms with Crippen molar-refractivity contribution in [1.82, 2.24) is 10.1 Å². The van der Waals surface area contributed by atoms with Crippen LogP contribution in [-0.4, -0.2) is 16.7 Å². The number of para-hydroxylation sites is 1. The molecule has 4 heteroatoms. The van der Waals surface area contributed by atoms with Gasteiger partial charge in [0.25, 0.3) is 0 Å². The molecule has 1 saturated carbocycles. The molecule has 2 aliphatic rings. The number of anilines is 1. The first kappa shape index (κ1) is 12.9. The smallest absolute Gasteiger partial charge is 0.231 e. The highest BCUT2D eigenvalue weighted by Gasteiger charge is 2.27. The Morgan fingerprint density at radius 2 is 1.90 bits per heavy atom. The summed E-state index contributed by atoms with van der Waals surface area (Å²) >= 11 is 0. The summed E-state index contributed by atoms with van der Waals surface area (Å²) < 4.78 is 5.57. The van der Waals surface area contributed by atoms with E-state index in [1.807, 2.05) is 0 Å². The number of aromatic nitrogens is 2. The Morgan fingerprint density at radius 3 is 2.81 bits per heavy atom. The first-order chi connectivity index (χ1) is 10.4. The molecule has 0 amide bonds. The van der Waals surface area contributed by atoms with Crippen LogP contribution in [0.15, 0.2) is 28.8 Å². The van der Waals surface area contributed by atoms with Crippen molar-refractivity contribution in [1.29, 1.82) is 0 Å². The van der Waals surface area contributed by atoms with Crippen molar-refractivity contribution < 1.29 is 4.52 Å². The predicted molar refractivity (Wildman–Crippen MR) is 81.5 cm³/mol. The lowest BCUT2D eigenvalue weighted by Crippen LogP contribution is -2.21. The number of hydrogen-bond acceptors (Lipinski definition) is 4. The van der Waals surface area contributed by atoms with Crippen molar-refractivity contribution in [2.24, 2.45) is 0 Å². The summed E-state index contributed by atoms with van der Waals surface area (Å²) in [7, 11) is 0. The van der Waals surface area contributed by atoms with E-state index in [1.54, 1.807) is 0 Å². The number of benzene rings is 1. The zero-order valence-electron chi connectivity index (χ0n) is 12.2. The Balaban J connectivity index is 1.51. The maximum atomic E-state index is 5.57. The van der Waals surface area contributed by atoms with E-state index in [1.165, 1.54) is 43.4 Å². The van der Waals surface area contributed by atoms with Crippen LogP contribution in [0.3, 0.4) is 0 Å². The fraction of sp³-hybridized carbons (Fsp3) is 0.529. The van der Waals surface area contributed by atoms with Crippen LogP contribution >= 0.6 is 0 Å². The third-order valence-corrected chi connectivity index (χ3v) is 4.80. The molecule has 1 aliphatic heterocycles. The maximum absolute atomic E-state index is 5.57. The van der Waals surface area contributed by atoms with Crippen LogP contribution in [0.4, 0.5) is 5.69 Å². The fourth-order valence-electron chi connectivity index (χ4n) is 3.56. The van der Waals surface area contributed by atoms with E-state index < -0.39 is 0 Å². The lowest BCUT2D eigenvalue weighted by atomic mass is 9.89. The van der Waals surface area contributed by atoms with Gasteiger partial charge in [0.2, 0.25) is 5.89 Å². The van der Waals surface area contributed by atoms with Gasteiger partial charge in [-0.15, -0.1) is 0 Å². The summed E-state index contributed by atoms with van der Waals surface area (Å²) in [6, 6.07) is 8.46. The molecule has 1 unspecified atom stereocenters. The maximum Gasteiger partial charge on any atom is 0.231 e. The highest BCUT2D eigenvalue weighted by Crippen LogP contribution is 2.33. The molecule has 1 aromatic heterocycles. The van der Waals surface area contributed by atoms with Crippen molar-refractivity contribution in [2.45, 2.75) is 50.4 Å². The lowest BCUT2D eigenvalue weighted by molar-refractivity contribution is 0.340. The molecule has 0 radical (unpaired) electrons. The van der Waals surface area contributed by atoms with Crippen LogP contribution in [0.5, 0.6) is 0 Å². The highest BCUT2D eigenvalue weighted by atomic mass is 16.5. The van der Waals surface area contributed by atoms with Gasteiger partial charge in [0.15, 0.2) is 5.82 Å². The van der Waals surface area contributed by atoms with Crippen LogP contribution in [0, 0.1) is 0 Å². The average molecular weight is 283 g/mol. The van der Waals surface area contributed by atoms with Gasteiger partial charge in [-0.3, -0.25) is 0 Å². The molecule has 0 bridgehead atoms. The van der Waals surface area contributed by atoms with Gasteiger partial charge in [0.1, 0.15) is 0 Å². The van der Waals surface area contributed by atoms with Crippen LogP contribution in [-0.2, 0) is 6.42 Å². The molecular formula is C17H21N3O. The second kappa shape index (κ2) is 5.51. The number of fused-ring (bicyclic) bond motifs is 1. The third-order valence-electron chi connectivity index (χ3n) is 4.80. The molecule has 2 heterocycles. The van der Waals surface area contributed by atoms with Gasteiger partial charge in [-0.1, -0.05) is 42.6 Å². The summed E-state index contributed by atoms with van der Waals surface area (Å²) in [5.41, 5.74) is 2.58. The molecule has 1 aliphatic carbocycles. The number of hydrogen-bond donors (Lipinski definition) is 1. The molecule has 1 atom stereocenters. The van der Waals surface area contributed by atoms with E-state index in [4.69, 9.17) is 9.51 Å². The first-order valence-corrected chi connectivity index (χ1v) is 8.05. The number of nitrogens with zero attached hydrogens (tertiary/aromatic N) is 2. The Hall–Kier alpha value is -1.84. The van der Waals surface area contributed by atoms with E-state index in [9.17, 15) is 0 Å². The zero-order chi connectivity index (χ0) is 14.1. The molecule has 0 spiro atoms. The fourth-order valence-corrected chi connectivity index (χ4v) is 3.56. The topological polar surface area (TPSA) is 51.0 Å². The third kappa shape index (κ3) is 2.55. The Labute approximate surface area is 124 Å². The number of nitrogens with one attached hydrogen (secondary N) is 1. The molecule has 0 saturated heterocycles. The highest BCUT2D eigenvalue weighted by molar-refractivity contribution is 5.53. The normalized spacial score (nSPS) is 22.6. The van der Waals surface area contributed by atoms with E-state index >= 15 is 0 Å². The van der Waals surface area contributed by atoms with Crippen LogP contribution < -0.4 is 5.32 Å². The van der Waals surface area contributed by atoms with E-state index in [-0.39, 0.29) is 0 Å². The summed E-state index contributed by atoms with van der Waals surface area (Å²) in [6.45, 7) is 0.878. The Morgan fingerprint density at radius 1 is 1.05 bits per heavy atom. The molecule has 4 nitrogen and oxygen atoms in total. The number of rotatable bonds is 2. The standard InChI is InChI=1S/C17H21N3O/c1-2-6-12(7-3-1)16-19-17(21-20-16)14-10-13-8-4-5-9-15(13)18-11-14/h4-5,8-9,12,14,18H,1-3,6-7,10-11H2. The molecule has 1 N–H and O–H groups in total. The molecule has 21 heavy (non-hydrogen) atoms. The molecule has 1 fully saturated rings. The predicted octanol–water partition coefficient (Wildman–Crippen LogP) is 3.87. The minimum atomic E-state index is 0.296. The minimum Gasteiger partial charge on any atom is -0.384 e. The Kier molecular flexibility index (Phi) is 3.37. The summed E-state index contributed by atoms with van der Waals surface area (Å²) in [6.07, 6.45) is 7.36. The second-order valence-electron chi connectivity index (χ2n) is 6.26. The van der Waals surface area contributed by atoms with Crippen molar-refractivity contribution in [2.75, 3.05) is 11.9 Å². The minimum absolute atomic E-state index is 0.296. The van der Waals surface area contributed by atoms with Gasteiger partial charge in [0.05, 0.1) is 5.92 Å². The van der Waals surface area contributed by atoms with Gasteiger partial charge >= 0.3 is 0 Å². The summed E-state index contributed by atoms with van der Waals surface area (Å²) in [5.74, 6) is 2.55. The SMILES string of the molecule is c1ccc2c(c1)CC(c1nc(C3CCCCC3)no1)CN2. The molecule has 4 rings (SSSR count). The summed E-state index contributed by atoms with van der Waals surface area (Å²) in [4.78, 5) is 4.71. The van der Waals surface area contributed by atoms with E-state index in [0.29, 0.717) is 11.8 Å². The summed E-state index contributed by atoms with van der Waals surface area (Å²) in [5, 5.41) is 7.73. The van der Waals surface area contributed by atoms with Gasteiger partial charge in [-0.25, -0.2) is 0 Å². The van der Waals surface area contributed by atoms with Crippen molar-refractivity contribution >= 4 is 5.69 Å². The van der Waals surface area contributed by atoms with Crippen LogP contribution in [0.1, 0.15) is 61.2 Å². The van der Waals surface area contributed by atoms with Crippen molar-refractivity contribution in [3.05, 3.63) is 41.5 Å². The average Bonchev–Trinajstić information content (AvgIpc) is 3.05.